The molecule has 12 heteroatoms. The van der Waals surface area contributed by atoms with Crippen LogP contribution in [0.4, 0.5) is 0 Å². The summed E-state index contributed by atoms with van der Waals surface area (Å²) in [5, 5.41) is 37.6. The normalized spacial score (nSPS) is 16.6. The van der Waals surface area contributed by atoms with Crippen molar-refractivity contribution in [3.63, 3.8) is 0 Å². The highest BCUT2D eigenvalue weighted by Gasteiger charge is 2.38. The molecule has 0 fully saturated rings. The van der Waals surface area contributed by atoms with Crippen LogP contribution in [0.15, 0.2) is 36.0 Å². The first-order valence-corrected chi connectivity index (χ1v) is 7.53. The van der Waals surface area contributed by atoms with Crippen molar-refractivity contribution in [2.24, 2.45) is 5.16 Å². The van der Waals surface area contributed by atoms with Crippen molar-refractivity contribution in [3.8, 4) is 5.75 Å². The first-order chi connectivity index (χ1) is 12.5. The monoisotopic (exact) mass is 359 g/mol. The van der Waals surface area contributed by atoms with Gasteiger partial charge >= 0.3 is 13.1 Å². The molecule has 2 heterocycles. The number of para-hydroxylation sites is 1. The van der Waals surface area contributed by atoms with Crippen molar-refractivity contribution >= 4 is 24.7 Å². The number of carboxylic acids is 1. The highest BCUT2D eigenvalue weighted by Crippen LogP contribution is 2.30. The third-order valence-electron chi connectivity index (χ3n) is 3.83. The first-order valence-electron chi connectivity index (χ1n) is 7.53. The quantitative estimate of drug-likeness (QED) is 0.228. The molecule has 0 radical (unpaired) electrons. The van der Waals surface area contributed by atoms with Gasteiger partial charge in [0.15, 0.2) is 5.71 Å². The number of carboxylic acid groups (broad SMARTS) is 1. The number of nitrogens with one attached hydrogen (secondary N) is 1. The maximum Gasteiger partial charge on any atom is 0.547 e. The third kappa shape index (κ3) is 3.49. The van der Waals surface area contributed by atoms with Crippen LogP contribution in [0.3, 0.4) is 0 Å². The number of carbonyl (C=O) groups is 2. The van der Waals surface area contributed by atoms with E-state index in [2.05, 4.69) is 20.6 Å². The third-order valence-corrected chi connectivity index (χ3v) is 3.83. The highest BCUT2D eigenvalue weighted by molar-refractivity contribution is 6.48. The minimum absolute atomic E-state index is 0.0664. The van der Waals surface area contributed by atoms with E-state index in [0.717, 1.165) is 0 Å². The standard InChI is InChI=1S/C14H14BN5O6/c21-13(10(19-25)5-20-7-16-6-17-20)18-11-4-8-2-1-3-9(14(22)23)12(8)26-15(11)24/h1-3,6-7,11,24-25H,4-5H2,(H,18,21)(H,22,23)/b19-10-/t11-/m0/s1. The van der Waals surface area contributed by atoms with Crippen molar-refractivity contribution in [1.82, 2.24) is 20.1 Å². The van der Waals surface area contributed by atoms with Gasteiger partial charge in [-0.25, -0.2) is 14.5 Å². The predicted octanol–water partition coefficient (Wildman–Crippen LogP) is -1.05. The lowest BCUT2D eigenvalue weighted by Gasteiger charge is -2.28. The molecule has 1 aliphatic heterocycles. The van der Waals surface area contributed by atoms with Crippen molar-refractivity contribution in [2.75, 3.05) is 0 Å². The summed E-state index contributed by atoms with van der Waals surface area (Å²) in [6.07, 6.45) is 2.76. The fraction of sp³-hybridized carbons (Fsp3) is 0.214. The summed E-state index contributed by atoms with van der Waals surface area (Å²) in [4.78, 5) is 27.2. The molecule has 0 saturated heterocycles. The number of aromatic carboxylic acids is 1. The van der Waals surface area contributed by atoms with Crippen molar-refractivity contribution < 1.29 is 29.6 Å². The molecule has 1 amide bonds. The smallest absolute Gasteiger partial charge is 0.534 e. The molecule has 2 aromatic rings. The molecule has 26 heavy (non-hydrogen) atoms. The van der Waals surface area contributed by atoms with Gasteiger partial charge in [0.1, 0.15) is 18.4 Å². The van der Waals surface area contributed by atoms with E-state index in [4.69, 9.17) is 9.86 Å². The number of oxime groups is 1. The topological polar surface area (TPSA) is 159 Å². The van der Waals surface area contributed by atoms with E-state index < -0.39 is 24.9 Å². The number of amides is 1. The summed E-state index contributed by atoms with van der Waals surface area (Å²) in [6, 6.07) is 4.55. The minimum atomic E-state index is -1.46. The van der Waals surface area contributed by atoms with Crippen LogP contribution in [0, 0.1) is 0 Å². The van der Waals surface area contributed by atoms with Crippen molar-refractivity contribution in [2.45, 2.75) is 18.9 Å². The Bertz CT molecular complexity index is 856. The second-order valence-electron chi connectivity index (χ2n) is 5.53. The number of hydrogen-bond acceptors (Lipinski definition) is 8. The van der Waals surface area contributed by atoms with Crippen LogP contribution >= 0.6 is 0 Å². The Balaban J connectivity index is 1.73. The van der Waals surface area contributed by atoms with E-state index in [1.165, 1.54) is 23.4 Å². The fourth-order valence-corrected chi connectivity index (χ4v) is 2.58. The Morgan fingerprint density at radius 1 is 1.46 bits per heavy atom. The lowest BCUT2D eigenvalue weighted by molar-refractivity contribution is -0.115. The SMILES string of the molecule is O=C(N[C@H]1Cc2cccc(C(=O)O)c2OB1O)/C(Cn1cncn1)=N\O. The van der Waals surface area contributed by atoms with Gasteiger partial charge in [0.25, 0.3) is 5.91 Å². The minimum Gasteiger partial charge on any atom is -0.534 e. The molecular formula is C14H14BN5O6. The fourth-order valence-electron chi connectivity index (χ4n) is 2.58. The average Bonchev–Trinajstić information content (AvgIpc) is 3.12. The summed E-state index contributed by atoms with van der Waals surface area (Å²) in [5.41, 5.74) is 0.210. The summed E-state index contributed by atoms with van der Waals surface area (Å²) in [5.74, 6) is -2.70. The summed E-state index contributed by atoms with van der Waals surface area (Å²) < 4.78 is 6.58. The molecule has 1 atom stereocenters. The Morgan fingerprint density at radius 2 is 2.27 bits per heavy atom. The molecule has 1 aliphatic rings. The van der Waals surface area contributed by atoms with Crippen LogP contribution in [0.2, 0.25) is 0 Å². The zero-order valence-electron chi connectivity index (χ0n) is 13.3. The van der Waals surface area contributed by atoms with Crippen molar-refractivity contribution in [3.05, 3.63) is 42.0 Å². The number of fused-ring (bicyclic) bond motifs is 1. The molecule has 3 rings (SSSR count). The molecule has 4 N–H and O–H groups in total. The number of benzene rings is 1. The Hall–Kier alpha value is -3.41. The number of carbonyl (C=O) groups excluding carboxylic acids is 1. The zero-order valence-corrected chi connectivity index (χ0v) is 13.3. The van der Waals surface area contributed by atoms with Gasteiger partial charge in [-0.2, -0.15) is 5.10 Å². The van der Waals surface area contributed by atoms with E-state index >= 15 is 0 Å². The van der Waals surface area contributed by atoms with Gasteiger partial charge in [-0.1, -0.05) is 17.3 Å². The highest BCUT2D eigenvalue weighted by atomic mass is 16.5. The molecular weight excluding hydrogens is 345 g/mol. The Morgan fingerprint density at radius 3 is 2.92 bits per heavy atom. The Kier molecular flexibility index (Phi) is 4.84. The van der Waals surface area contributed by atoms with Gasteiger partial charge < -0.3 is 25.3 Å². The number of rotatable bonds is 5. The van der Waals surface area contributed by atoms with Crippen LogP contribution in [-0.2, 0) is 17.8 Å². The lowest BCUT2D eigenvalue weighted by atomic mass is 9.72. The molecule has 1 aromatic heterocycles. The van der Waals surface area contributed by atoms with Crippen molar-refractivity contribution in [1.29, 1.82) is 0 Å². The van der Waals surface area contributed by atoms with Crippen LogP contribution in [0.25, 0.3) is 0 Å². The maximum atomic E-state index is 12.3. The summed E-state index contributed by atoms with van der Waals surface area (Å²) in [7, 11) is -1.46. The first kappa shape index (κ1) is 17.4. The van der Waals surface area contributed by atoms with Crippen LogP contribution in [0.5, 0.6) is 5.75 Å². The Labute approximate surface area is 147 Å². The number of nitrogens with zero attached hydrogens (tertiary/aromatic N) is 4. The van der Waals surface area contributed by atoms with Gasteiger partial charge in [-0.15, -0.1) is 0 Å². The van der Waals surface area contributed by atoms with E-state index in [-0.39, 0.29) is 30.0 Å². The molecule has 0 spiro atoms. The molecule has 0 bridgehead atoms. The van der Waals surface area contributed by atoms with E-state index in [9.17, 15) is 19.7 Å². The summed E-state index contributed by atoms with van der Waals surface area (Å²) in [6.45, 7) is -0.119. The predicted molar refractivity (Wildman–Crippen MR) is 86.9 cm³/mol. The van der Waals surface area contributed by atoms with Gasteiger partial charge in [0.2, 0.25) is 0 Å². The van der Waals surface area contributed by atoms with Gasteiger partial charge in [0, 0.05) is 0 Å². The number of aromatic nitrogens is 3. The lowest BCUT2D eigenvalue weighted by Crippen LogP contribution is -2.54. The van der Waals surface area contributed by atoms with E-state index in [1.807, 2.05) is 0 Å². The maximum absolute atomic E-state index is 12.3. The summed E-state index contributed by atoms with van der Waals surface area (Å²) >= 11 is 0. The van der Waals surface area contributed by atoms with Crippen LogP contribution < -0.4 is 9.97 Å². The molecule has 11 nitrogen and oxygen atoms in total. The van der Waals surface area contributed by atoms with Gasteiger partial charge in [0.05, 0.1) is 18.0 Å². The van der Waals surface area contributed by atoms with Gasteiger partial charge in [-0.05, 0) is 18.1 Å². The van der Waals surface area contributed by atoms with E-state index in [0.29, 0.717) is 5.56 Å². The second-order valence-corrected chi connectivity index (χ2v) is 5.53. The molecule has 134 valence electrons. The molecule has 0 aliphatic carbocycles. The largest absolute Gasteiger partial charge is 0.547 e. The number of hydrogen-bond donors (Lipinski definition) is 4. The van der Waals surface area contributed by atoms with E-state index in [1.54, 1.807) is 12.1 Å². The second kappa shape index (κ2) is 7.23. The van der Waals surface area contributed by atoms with Gasteiger partial charge in [-0.3, -0.25) is 4.79 Å². The molecule has 0 saturated carbocycles. The van der Waals surface area contributed by atoms with Crippen LogP contribution in [0.1, 0.15) is 15.9 Å². The molecule has 1 aromatic carbocycles. The van der Waals surface area contributed by atoms with Crippen LogP contribution in [-0.4, -0.2) is 60.8 Å². The average molecular weight is 359 g/mol. The molecule has 0 unspecified atom stereocenters. The zero-order chi connectivity index (χ0) is 18.7.